The summed E-state index contributed by atoms with van der Waals surface area (Å²) in [6, 6.07) is 1.23. The van der Waals surface area contributed by atoms with Gasteiger partial charge in [-0.15, -0.1) is 0 Å². The van der Waals surface area contributed by atoms with Crippen LogP contribution >= 0.6 is 0 Å². The Morgan fingerprint density at radius 1 is 1.40 bits per heavy atom. The molecule has 0 aromatic carbocycles. The van der Waals surface area contributed by atoms with Crippen LogP contribution in [0.25, 0.3) is 0 Å². The Bertz CT molecular complexity index is 329. The molecule has 0 aromatic rings. The predicted octanol–water partition coefficient (Wildman–Crippen LogP) is 1.27. The maximum atomic E-state index is 12.1. The van der Waals surface area contributed by atoms with Crippen molar-refractivity contribution in [3.05, 3.63) is 0 Å². The Balaban J connectivity index is 1.69. The highest BCUT2D eigenvalue weighted by atomic mass is 16.3. The van der Waals surface area contributed by atoms with Crippen LogP contribution in [0.4, 0.5) is 4.79 Å². The van der Waals surface area contributed by atoms with E-state index in [1.54, 1.807) is 4.90 Å². The van der Waals surface area contributed by atoms with Gasteiger partial charge in [0.05, 0.1) is 6.10 Å². The first-order valence-electron chi connectivity index (χ1n) is 7.95. The minimum absolute atomic E-state index is 0.0320. The lowest BCUT2D eigenvalue weighted by atomic mass is 9.96. The van der Waals surface area contributed by atoms with Crippen LogP contribution in [-0.4, -0.2) is 65.3 Å². The Hall–Kier alpha value is -0.810. The van der Waals surface area contributed by atoms with Gasteiger partial charge in [0.2, 0.25) is 0 Å². The first-order valence-corrected chi connectivity index (χ1v) is 7.95. The molecule has 2 rings (SSSR count). The molecule has 1 aliphatic heterocycles. The molecule has 0 radical (unpaired) electrons. The van der Waals surface area contributed by atoms with Gasteiger partial charge in [-0.25, -0.2) is 4.79 Å². The Morgan fingerprint density at radius 2 is 2.10 bits per heavy atom. The van der Waals surface area contributed by atoms with Crippen molar-refractivity contribution in [3.63, 3.8) is 0 Å². The zero-order valence-corrected chi connectivity index (χ0v) is 13.0. The largest absolute Gasteiger partial charge is 0.391 e. The van der Waals surface area contributed by atoms with Crippen LogP contribution in [0.1, 0.15) is 40.0 Å². The lowest BCUT2D eigenvalue weighted by molar-refractivity contribution is 0.0434. The van der Waals surface area contributed by atoms with Gasteiger partial charge in [0.25, 0.3) is 0 Å². The predicted molar refractivity (Wildman–Crippen MR) is 79.6 cm³/mol. The molecule has 2 unspecified atom stereocenters. The van der Waals surface area contributed by atoms with Crippen molar-refractivity contribution >= 4 is 6.03 Å². The normalized spacial score (nSPS) is 27.2. The number of nitrogens with one attached hydrogen (secondary N) is 1. The lowest BCUT2D eigenvalue weighted by Gasteiger charge is -2.34. The second kappa shape index (κ2) is 6.76. The van der Waals surface area contributed by atoms with Crippen molar-refractivity contribution < 1.29 is 9.90 Å². The van der Waals surface area contributed by atoms with E-state index in [0.29, 0.717) is 25.0 Å². The quantitative estimate of drug-likeness (QED) is 0.799. The van der Waals surface area contributed by atoms with E-state index in [2.05, 4.69) is 24.1 Å². The van der Waals surface area contributed by atoms with Crippen LogP contribution in [-0.2, 0) is 0 Å². The third-order valence-electron chi connectivity index (χ3n) is 4.53. The number of rotatable bonds is 5. The number of nitrogens with zero attached hydrogens (tertiary/aromatic N) is 2. The molecular formula is C15H29N3O2. The summed E-state index contributed by atoms with van der Waals surface area (Å²) in [5, 5.41) is 12.8. The average molecular weight is 283 g/mol. The molecule has 1 saturated carbocycles. The summed E-state index contributed by atoms with van der Waals surface area (Å²) in [7, 11) is 0. The van der Waals surface area contributed by atoms with Crippen molar-refractivity contribution in [1.29, 1.82) is 0 Å². The van der Waals surface area contributed by atoms with E-state index in [9.17, 15) is 9.90 Å². The third kappa shape index (κ3) is 4.09. The SMILES string of the molecule is CC1CCN(C(=O)NCCN(C(C)C)C2CC2)CC1O. The first-order chi connectivity index (χ1) is 9.49. The highest BCUT2D eigenvalue weighted by molar-refractivity contribution is 5.74. The number of hydrogen-bond donors (Lipinski definition) is 2. The van der Waals surface area contributed by atoms with Gasteiger partial charge in [-0.3, -0.25) is 4.90 Å². The molecule has 2 N–H and O–H groups in total. The molecule has 2 aliphatic rings. The third-order valence-corrected chi connectivity index (χ3v) is 4.53. The molecule has 1 saturated heterocycles. The zero-order chi connectivity index (χ0) is 14.7. The number of likely N-dealkylation sites (tertiary alicyclic amines) is 1. The van der Waals surface area contributed by atoms with E-state index in [4.69, 9.17) is 0 Å². The summed E-state index contributed by atoms with van der Waals surface area (Å²) < 4.78 is 0. The van der Waals surface area contributed by atoms with Gasteiger partial charge in [0, 0.05) is 38.3 Å². The van der Waals surface area contributed by atoms with E-state index >= 15 is 0 Å². The molecule has 20 heavy (non-hydrogen) atoms. The summed E-state index contributed by atoms with van der Waals surface area (Å²) in [4.78, 5) is 16.3. The molecular weight excluding hydrogens is 254 g/mol. The molecule has 5 heteroatoms. The van der Waals surface area contributed by atoms with Crippen LogP contribution in [0.5, 0.6) is 0 Å². The monoisotopic (exact) mass is 283 g/mol. The topological polar surface area (TPSA) is 55.8 Å². The second-order valence-corrected chi connectivity index (χ2v) is 6.57. The number of carbonyl (C=O) groups excluding carboxylic acids is 1. The number of aliphatic hydroxyl groups is 1. The van der Waals surface area contributed by atoms with E-state index in [0.717, 1.165) is 25.6 Å². The minimum Gasteiger partial charge on any atom is -0.391 e. The number of aliphatic hydroxyl groups excluding tert-OH is 1. The van der Waals surface area contributed by atoms with Gasteiger partial charge in [-0.2, -0.15) is 0 Å². The van der Waals surface area contributed by atoms with Crippen molar-refractivity contribution in [1.82, 2.24) is 15.1 Å². The standard InChI is InChI=1S/C15H29N3O2/c1-11(2)18(13-4-5-13)9-7-16-15(20)17-8-6-12(3)14(19)10-17/h11-14,19H,4-10H2,1-3H3,(H,16,20). The lowest BCUT2D eigenvalue weighted by Crippen LogP contribution is -2.51. The fraction of sp³-hybridized carbons (Fsp3) is 0.933. The van der Waals surface area contributed by atoms with Crippen LogP contribution in [0.2, 0.25) is 0 Å². The number of β-amino-alcohol motifs (C(OH)–C–C–N with tert-alkyl or cyclic N) is 1. The molecule has 2 atom stereocenters. The van der Waals surface area contributed by atoms with Crippen molar-refractivity contribution in [3.8, 4) is 0 Å². The fourth-order valence-corrected chi connectivity index (χ4v) is 2.91. The Kier molecular flexibility index (Phi) is 5.27. The summed E-state index contributed by atoms with van der Waals surface area (Å²) in [5.74, 6) is 0.297. The smallest absolute Gasteiger partial charge is 0.317 e. The first kappa shape index (κ1) is 15.6. The number of urea groups is 1. The van der Waals surface area contributed by atoms with E-state index < -0.39 is 0 Å². The molecule has 1 aliphatic carbocycles. The van der Waals surface area contributed by atoms with E-state index in [1.165, 1.54) is 12.8 Å². The number of hydrogen-bond acceptors (Lipinski definition) is 3. The van der Waals surface area contributed by atoms with Crippen LogP contribution in [0.15, 0.2) is 0 Å². The van der Waals surface area contributed by atoms with E-state index in [-0.39, 0.29) is 12.1 Å². The van der Waals surface area contributed by atoms with Crippen molar-refractivity contribution in [2.24, 2.45) is 5.92 Å². The van der Waals surface area contributed by atoms with Gasteiger partial charge in [0.1, 0.15) is 0 Å². The van der Waals surface area contributed by atoms with Crippen LogP contribution < -0.4 is 5.32 Å². The average Bonchev–Trinajstić information content (AvgIpc) is 3.21. The maximum absolute atomic E-state index is 12.1. The maximum Gasteiger partial charge on any atom is 0.317 e. The Labute approximate surface area is 122 Å². The summed E-state index contributed by atoms with van der Waals surface area (Å²) in [6.45, 7) is 9.28. The van der Waals surface area contributed by atoms with Crippen LogP contribution in [0, 0.1) is 5.92 Å². The zero-order valence-electron chi connectivity index (χ0n) is 13.0. The number of carbonyl (C=O) groups is 1. The Morgan fingerprint density at radius 3 is 2.65 bits per heavy atom. The fourth-order valence-electron chi connectivity index (χ4n) is 2.91. The second-order valence-electron chi connectivity index (χ2n) is 6.57. The molecule has 0 aromatic heterocycles. The molecule has 1 heterocycles. The molecule has 2 fully saturated rings. The van der Waals surface area contributed by atoms with Gasteiger partial charge >= 0.3 is 6.03 Å². The molecule has 116 valence electrons. The molecule has 0 spiro atoms. The molecule has 5 nitrogen and oxygen atoms in total. The van der Waals surface area contributed by atoms with Gasteiger partial charge < -0.3 is 15.3 Å². The van der Waals surface area contributed by atoms with Gasteiger partial charge in [0.15, 0.2) is 0 Å². The van der Waals surface area contributed by atoms with Gasteiger partial charge in [-0.1, -0.05) is 6.92 Å². The van der Waals surface area contributed by atoms with Crippen molar-refractivity contribution in [2.45, 2.75) is 58.2 Å². The van der Waals surface area contributed by atoms with Crippen molar-refractivity contribution in [2.75, 3.05) is 26.2 Å². The highest BCUT2D eigenvalue weighted by Gasteiger charge is 2.31. The summed E-state index contributed by atoms with van der Waals surface area (Å²) in [5.41, 5.74) is 0. The number of amides is 2. The molecule has 2 amide bonds. The summed E-state index contributed by atoms with van der Waals surface area (Å²) in [6.07, 6.45) is 3.09. The minimum atomic E-state index is -0.381. The van der Waals surface area contributed by atoms with Crippen LogP contribution in [0.3, 0.4) is 0 Å². The highest BCUT2D eigenvalue weighted by Crippen LogP contribution is 2.27. The molecule has 0 bridgehead atoms. The summed E-state index contributed by atoms with van der Waals surface area (Å²) >= 11 is 0. The van der Waals surface area contributed by atoms with E-state index in [1.807, 2.05) is 6.92 Å². The van der Waals surface area contributed by atoms with Gasteiger partial charge in [-0.05, 0) is 39.0 Å². The number of piperidine rings is 1.